The monoisotopic (exact) mass is 466 g/mol. The van der Waals surface area contributed by atoms with Crippen molar-refractivity contribution in [2.24, 2.45) is 0 Å². The number of hydrogen-bond donors (Lipinski definition) is 1. The van der Waals surface area contributed by atoms with Crippen LogP contribution in [0.5, 0.6) is 5.75 Å². The molecule has 0 radical (unpaired) electrons. The fourth-order valence-electron chi connectivity index (χ4n) is 3.43. The number of anilines is 1. The van der Waals surface area contributed by atoms with Crippen LogP contribution in [-0.4, -0.2) is 34.0 Å². The maximum absolute atomic E-state index is 13.4. The summed E-state index contributed by atoms with van der Waals surface area (Å²) in [7, 11) is -3.92. The highest BCUT2D eigenvalue weighted by molar-refractivity contribution is 7.92. The normalized spacial score (nSPS) is 11.2. The number of hydrogen-bond acceptors (Lipinski definition) is 4. The summed E-state index contributed by atoms with van der Waals surface area (Å²) in [5.74, 6) is 0.334. The fraction of sp³-hybridized carbons (Fsp3) is 0.269. The van der Waals surface area contributed by atoms with Crippen molar-refractivity contribution in [2.75, 3.05) is 24.0 Å². The van der Waals surface area contributed by atoms with Crippen molar-refractivity contribution in [2.45, 2.75) is 32.6 Å². The SMILES string of the molecule is Cc1ccc(N(CC(=O)NCCOc2cc(C)cc(C)c2)S(=O)(=O)c2ccc(C)cc2)cc1. The largest absolute Gasteiger partial charge is 0.492 e. The van der Waals surface area contributed by atoms with E-state index in [4.69, 9.17) is 4.74 Å². The lowest BCUT2D eigenvalue weighted by Gasteiger charge is -2.24. The molecule has 0 spiro atoms. The zero-order chi connectivity index (χ0) is 24.0. The summed E-state index contributed by atoms with van der Waals surface area (Å²) >= 11 is 0. The molecule has 33 heavy (non-hydrogen) atoms. The van der Waals surface area contributed by atoms with Gasteiger partial charge < -0.3 is 10.1 Å². The van der Waals surface area contributed by atoms with E-state index in [9.17, 15) is 13.2 Å². The molecular formula is C26H30N2O4S. The minimum absolute atomic E-state index is 0.139. The van der Waals surface area contributed by atoms with Gasteiger partial charge in [-0.15, -0.1) is 0 Å². The second kappa shape index (κ2) is 10.5. The highest BCUT2D eigenvalue weighted by atomic mass is 32.2. The Balaban J connectivity index is 1.69. The topological polar surface area (TPSA) is 75.7 Å². The molecule has 3 aromatic carbocycles. The zero-order valence-electron chi connectivity index (χ0n) is 19.5. The second-order valence-electron chi connectivity index (χ2n) is 8.18. The van der Waals surface area contributed by atoms with Gasteiger partial charge in [-0.1, -0.05) is 41.5 Å². The van der Waals surface area contributed by atoms with Gasteiger partial charge in [-0.2, -0.15) is 0 Å². The van der Waals surface area contributed by atoms with Crippen molar-refractivity contribution in [3.63, 3.8) is 0 Å². The Morgan fingerprint density at radius 3 is 1.94 bits per heavy atom. The van der Waals surface area contributed by atoms with Gasteiger partial charge in [0.25, 0.3) is 10.0 Å². The van der Waals surface area contributed by atoms with Crippen molar-refractivity contribution in [1.82, 2.24) is 5.32 Å². The standard InChI is InChI=1S/C26H30N2O4S/c1-19-5-9-23(10-6-19)28(33(30,31)25-11-7-20(2)8-12-25)18-26(29)27-13-14-32-24-16-21(3)15-22(4)17-24/h5-12,15-17H,13-14,18H2,1-4H3,(H,27,29). The van der Waals surface area contributed by atoms with Crippen LogP contribution in [0.3, 0.4) is 0 Å². The van der Waals surface area contributed by atoms with Gasteiger partial charge in [0.15, 0.2) is 0 Å². The molecule has 0 atom stereocenters. The number of aryl methyl sites for hydroxylation is 4. The molecule has 0 fully saturated rings. The lowest BCUT2D eigenvalue weighted by atomic mass is 10.1. The molecule has 0 aliphatic heterocycles. The lowest BCUT2D eigenvalue weighted by molar-refractivity contribution is -0.119. The predicted octanol–water partition coefficient (Wildman–Crippen LogP) is 4.31. The molecule has 0 saturated carbocycles. The fourth-order valence-corrected chi connectivity index (χ4v) is 4.85. The van der Waals surface area contributed by atoms with Crippen LogP contribution in [0.25, 0.3) is 0 Å². The van der Waals surface area contributed by atoms with Crippen LogP contribution < -0.4 is 14.4 Å². The molecule has 0 aliphatic rings. The average Bonchev–Trinajstić information content (AvgIpc) is 2.75. The van der Waals surface area contributed by atoms with E-state index < -0.39 is 15.9 Å². The predicted molar refractivity (Wildman–Crippen MR) is 131 cm³/mol. The number of carbonyl (C=O) groups is 1. The Morgan fingerprint density at radius 1 is 0.818 bits per heavy atom. The van der Waals surface area contributed by atoms with Crippen LogP contribution in [0.1, 0.15) is 22.3 Å². The van der Waals surface area contributed by atoms with E-state index in [1.54, 1.807) is 36.4 Å². The van der Waals surface area contributed by atoms with Gasteiger partial charge in [-0.25, -0.2) is 8.42 Å². The Morgan fingerprint density at radius 2 is 1.36 bits per heavy atom. The summed E-state index contributed by atoms with van der Waals surface area (Å²) in [5.41, 5.74) is 4.59. The molecule has 0 bridgehead atoms. The van der Waals surface area contributed by atoms with Gasteiger partial charge in [-0.3, -0.25) is 9.10 Å². The van der Waals surface area contributed by atoms with Crippen LogP contribution in [0.2, 0.25) is 0 Å². The summed E-state index contributed by atoms with van der Waals surface area (Å²) < 4.78 is 33.6. The maximum Gasteiger partial charge on any atom is 0.264 e. The van der Waals surface area contributed by atoms with Crippen LogP contribution in [0, 0.1) is 27.7 Å². The van der Waals surface area contributed by atoms with Gasteiger partial charge in [0.1, 0.15) is 18.9 Å². The second-order valence-corrected chi connectivity index (χ2v) is 10.0. The first-order valence-electron chi connectivity index (χ1n) is 10.8. The average molecular weight is 467 g/mol. The smallest absolute Gasteiger partial charge is 0.264 e. The van der Waals surface area contributed by atoms with Crippen LogP contribution in [0.15, 0.2) is 71.6 Å². The summed E-state index contributed by atoms with van der Waals surface area (Å²) in [4.78, 5) is 12.8. The van der Waals surface area contributed by atoms with Gasteiger partial charge in [0.2, 0.25) is 5.91 Å². The van der Waals surface area contributed by atoms with Crippen molar-refractivity contribution < 1.29 is 17.9 Å². The summed E-state index contributed by atoms with van der Waals surface area (Å²) in [6.07, 6.45) is 0. The van der Waals surface area contributed by atoms with E-state index in [1.165, 1.54) is 0 Å². The third-order valence-electron chi connectivity index (χ3n) is 5.11. The maximum atomic E-state index is 13.4. The molecule has 6 nitrogen and oxygen atoms in total. The number of amides is 1. The minimum atomic E-state index is -3.92. The van der Waals surface area contributed by atoms with E-state index in [0.29, 0.717) is 5.69 Å². The Kier molecular flexibility index (Phi) is 7.76. The van der Waals surface area contributed by atoms with Crippen LogP contribution >= 0.6 is 0 Å². The number of nitrogens with zero attached hydrogens (tertiary/aromatic N) is 1. The number of sulfonamides is 1. The van der Waals surface area contributed by atoms with Crippen LogP contribution in [-0.2, 0) is 14.8 Å². The third-order valence-corrected chi connectivity index (χ3v) is 6.89. The van der Waals surface area contributed by atoms with Gasteiger partial charge in [-0.05, 0) is 75.2 Å². The lowest BCUT2D eigenvalue weighted by Crippen LogP contribution is -2.41. The molecule has 0 heterocycles. The Bertz CT molecular complexity index is 1180. The molecule has 0 unspecified atom stereocenters. The summed E-state index contributed by atoms with van der Waals surface area (Å²) in [5, 5.41) is 2.76. The molecule has 0 aliphatic carbocycles. The van der Waals surface area contributed by atoms with Crippen LogP contribution in [0.4, 0.5) is 5.69 Å². The van der Waals surface area contributed by atoms with Gasteiger partial charge in [0.05, 0.1) is 17.1 Å². The zero-order valence-corrected chi connectivity index (χ0v) is 20.3. The third kappa shape index (κ3) is 6.58. The molecule has 3 rings (SSSR count). The van der Waals surface area contributed by atoms with Gasteiger partial charge >= 0.3 is 0 Å². The molecule has 1 N–H and O–H groups in total. The molecule has 7 heteroatoms. The van der Waals surface area contributed by atoms with E-state index in [-0.39, 0.29) is 24.6 Å². The van der Waals surface area contributed by atoms with Crippen molar-refractivity contribution in [3.8, 4) is 5.75 Å². The van der Waals surface area contributed by atoms with E-state index >= 15 is 0 Å². The molecule has 174 valence electrons. The number of ether oxygens (including phenoxy) is 1. The van der Waals surface area contributed by atoms with Crippen molar-refractivity contribution >= 4 is 21.6 Å². The molecule has 0 aromatic heterocycles. The molecule has 0 saturated heterocycles. The first-order valence-corrected chi connectivity index (χ1v) is 12.2. The highest BCUT2D eigenvalue weighted by Gasteiger charge is 2.27. The van der Waals surface area contributed by atoms with E-state index in [0.717, 1.165) is 32.3 Å². The van der Waals surface area contributed by atoms with Crippen molar-refractivity contribution in [1.29, 1.82) is 0 Å². The first kappa shape index (κ1) is 24.3. The van der Waals surface area contributed by atoms with Gasteiger partial charge in [0, 0.05) is 0 Å². The molecular weight excluding hydrogens is 436 g/mol. The molecule has 1 amide bonds. The summed E-state index contributed by atoms with van der Waals surface area (Å²) in [6.45, 7) is 8.02. The minimum Gasteiger partial charge on any atom is -0.492 e. The quantitative estimate of drug-likeness (QED) is 0.477. The number of carbonyl (C=O) groups excluding carboxylic acids is 1. The summed E-state index contributed by atoms with van der Waals surface area (Å²) in [6, 6.07) is 19.6. The first-order chi connectivity index (χ1) is 15.6. The Hall–Kier alpha value is -3.32. The van der Waals surface area contributed by atoms with E-state index in [2.05, 4.69) is 11.4 Å². The van der Waals surface area contributed by atoms with E-state index in [1.807, 2.05) is 52.0 Å². The Labute approximate surface area is 196 Å². The number of benzene rings is 3. The van der Waals surface area contributed by atoms with Crippen molar-refractivity contribution in [3.05, 3.63) is 89.0 Å². The number of nitrogens with one attached hydrogen (secondary N) is 1. The molecule has 3 aromatic rings. The number of rotatable bonds is 9. The highest BCUT2D eigenvalue weighted by Crippen LogP contribution is 2.24.